The highest BCUT2D eigenvalue weighted by Gasteiger charge is 2.13. The van der Waals surface area contributed by atoms with Crippen molar-refractivity contribution in [3.63, 3.8) is 0 Å². The zero-order valence-corrected chi connectivity index (χ0v) is 11.6. The fourth-order valence-corrected chi connectivity index (χ4v) is 1.91. The quantitative estimate of drug-likeness (QED) is 0.580. The van der Waals surface area contributed by atoms with Gasteiger partial charge in [0.05, 0.1) is 17.6 Å². The average Bonchev–Trinajstić information content (AvgIpc) is 2.94. The van der Waals surface area contributed by atoms with E-state index in [0.29, 0.717) is 6.54 Å². The van der Waals surface area contributed by atoms with Crippen LogP contribution in [0.25, 0.3) is 0 Å². The smallest absolute Gasteiger partial charge is 0.306 e. The molecule has 2 heterocycles. The molecule has 2 N–H and O–H groups in total. The molecule has 0 spiro atoms. The van der Waals surface area contributed by atoms with Gasteiger partial charge in [0.1, 0.15) is 12.4 Å². The maximum atomic E-state index is 10.5. The number of aliphatic hydroxyl groups is 1. The Kier molecular flexibility index (Phi) is 4.96. The Balaban J connectivity index is 1.81. The van der Waals surface area contributed by atoms with E-state index in [1.54, 1.807) is 12.4 Å². The Morgan fingerprint density at radius 1 is 1.48 bits per heavy atom. The number of hydrogen-bond acceptors (Lipinski definition) is 6. The van der Waals surface area contributed by atoms with Crippen molar-refractivity contribution in [2.24, 2.45) is 0 Å². The van der Waals surface area contributed by atoms with E-state index < -0.39 is 11.0 Å². The van der Waals surface area contributed by atoms with E-state index >= 15 is 0 Å². The maximum absolute atomic E-state index is 10.5. The summed E-state index contributed by atoms with van der Waals surface area (Å²) < 4.78 is 1.36. The van der Waals surface area contributed by atoms with Crippen LogP contribution in [-0.2, 0) is 6.54 Å². The summed E-state index contributed by atoms with van der Waals surface area (Å²) in [6, 6.07) is 3.89. The Bertz CT molecular complexity index is 587. The summed E-state index contributed by atoms with van der Waals surface area (Å²) in [4.78, 5) is 14.0. The SMILES string of the molecule is CC(NCC(O)Cn1cc([N+](=O)[O-])cn1)c1ccncc1. The van der Waals surface area contributed by atoms with Crippen molar-refractivity contribution in [1.82, 2.24) is 20.1 Å². The fraction of sp³-hybridized carbons (Fsp3) is 0.385. The third-order valence-electron chi connectivity index (χ3n) is 3.09. The molecule has 0 radical (unpaired) electrons. The summed E-state index contributed by atoms with van der Waals surface area (Å²) in [5, 5.41) is 27.5. The maximum Gasteiger partial charge on any atom is 0.306 e. The normalized spacial score (nSPS) is 13.8. The molecule has 112 valence electrons. The van der Waals surface area contributed by atoms with Crippen LogP contribution in [0.15, 0.2) is 36.9 Å². The van der Waals surface area contributed by atoms with Crippen LogP contribution >= 0.6 is 0 Å². The van der Waals surface area contributed by atoms with Gasteiger partial charge in [-0.25, -0.2) is 0 Å². The third-order valence-corrected chi connectivity index (χ3v) is 3.09. The Hall–Kier alpha value is -2.32. The molecule has 2 rings (SSSR count). The fourth-order valence-electron chi connectivity index (χ4n) is 1.91. The van der Waals surface area contributed by atoms with Gasteiger partial charge in [0.15, 0.2) is 0 Å². The van der Waals surface area contributed by atoms with E-state index in [4.69, 9.17) is 0 Å². The van der Waals surface area contributed by atoms with E-state index in [1.165, 1.54) is 17.1 Å². The molecule has 0 aliphatic carbocycles. The van der Waals surface area contributed by atoms with Gasteiger partial charge >= 0.3 is 5.69 Å². The lowest BCUT2D eigenvalue weighted by atomic mass is 10.1. The largest absolute Gasteiger partial charge is 0.390 e. The molecular formula is C13H17N5O3. The molecule has 21 heavy (non-hydrogen) atoms. The number of nitrogens with one attached hydrogen (secondary N) is 1. The minimum atomic E-state index is -0.686. The molecule has 2 unspecified atom stereocenters. The first-order valence-electron chi connectivity index (χ1n) is 6.54. The molecular weight excluding hydrogens is 274 g/mol. The third kappa shape index (κ3) is 4.33. The van der Waals surface area contributed by atoms with Crippen molar-refractivity contribution >= 4 is 5.69 Å². The molecule has 0 aliphatic heterocycles. The first kappa shape index (κ1) is 15.1. The molecule has 8 heteroatoms. The number of hydrogen-bond donors (Lipinski definition) is 2. The van der Waals surface area contributed by atoms with E-state index in [1.807, 2.05) is 19.1 Å². The molecule has 0 fully saturated rings. The van der Waals surface area contributed by atoms with Gasteiger partial charge in [0.25, 0.3) is 0 Å². The Morgan fingerprint density at radius 3 is 2.81 bits per heavy atom. The van der Waals surface area contributed by atoms with E-state index in [0.717, 1.165) is 5.56 Å². The summed E-state index contributed by atoms with van der Waals surface area (Å²) >= 11 is 0. The number of nitrogens with zero attached hydrogens (tertiary/aromatic N) is 4. The topological polar surface area (TPSA) is 106 Å². The second-order valence-electron chi connectivity index (χ2n) is 4.74. The van der Waals surface area contributed by atoms with Crippen LogP contribution in [-0.4, -0.2) is 37.4 Å². The average molecular weight is 291 g/mol. The molecule has 2 aromatic heterocycles. The van der Waals surface area contributed by atoms with Crippen molar-refractivity contribution in [3.8, 4) is 0 Å². The number of aromatic nitrogens is 3. The van der Waals surface area contributed by atoms with Crippen LogP contribution < -0.4 is 5.32 Å². The minimum absolute atomic E-state index is 0.0783. The summed E-state index contributed by atoms with van der Waals surface area (Å²) in [5.41, 5.74) is 0.993. The predicted octanol–water partition coefficient (Wildman–Crippen LogP) is 0.898. The number of aliphatic hydroxyl groups excluding tert-OH is 1. The van der Waals surface area contributed by atoms with Gasteiger partial charge in [-0.15, -0.1) is 0 Å². The van der Waals surface area contributed by atoms with Gasteiger partial charge < -0.3 is 10.4 Å². The summed E-state index contributed by atoms with van der Waals surface area (Å²) in [6.45, 7) is 2.54. The van der Waals surface area contributed by atoms with Crippen LogP contribution in [0.2, 0.25) is 0 Å². The van der Waals surface area contributed by atoms with E-state index in [2.05, 4.69) is 15.4 Å². The monoisotopic (exact) mass is 291 g/mol. The summed E-state index contributed by atoms with van der Waals surface area (Å²) in [6.07, 6.45) is 5.21. The molecule has 8 nitrogen and oxygen atoms in total. The zero-order valence-electron chi connectivity index (χ0n) is 11.6. The van der Waals surface area contributed by atoms with Crippen LogP contribution in [0.4, 0.5) is 5.69 Å². The number of pyridine rings is 1. The Labute approximate surface area is 121 Å². The predicted molar refractivity (Wildman–Crippen MR) is 75.5 cm³/mol. The van der Waals surface area contributed by atoms with Gasteiger partial charge in [0, 0.05) is 25.0 Å². The van der Waals surface area contributed by atoms with Crippen molar-refractivity contribution in [3.05, 3.63) is 52.6 Å². The van der Waals surface area contributed by atoms with Crippen LogP contribution in [0.1, 0.15) is 18.5 Å². The van der Waals surface area contributed by atoms with Gasteiger partial charge in [-0.3, -0.25) is 19.8 Å². The van der Waals surface area contributed by atoms with Crippen molar-refractivity contribution in [2.75, 3.05) is 6.54 Å². The van der Waals surface area contributed by atoms with Gasteiger partial charge in [-0.2, -0.15) is 5.10 Å². The lowest BCUT2D eigenvalue weighted by Gasteiger charge is -2.17. The lowest BCUT2D eigenvalue weighted by molar-refractivity contribution is -0.385. The van der Waals surface area contributed by atoms with Crippen LogP contribution in [0, 0.1) is 10.1 Å². The van der Waals surface area contributed by atoms with Crippen molar-refractivity contribution in [1.29, 1.82) is 0 Å². The van der Waals surface area contributed by atoms with Crippen LogP contribution in [0.3, 0.4) is 0 Å². The highest BCUT2D eigenvalue weighted by molar-refractivity contribution is 5.20. The van der Waals surface area contributed by atoms with Gasteiger partial charge in [-0.05, 0) is 24.6 Å². The first-order chi connectivity index (χ1) is 10.1. The molecule has 0 amide bonds. The van der Waals surface area contributed by atoms with Crippen LogP contribution in [0.5, 0.6) is 0 Å². The number of nitro groups is 1. The molecule has 2 aromatic rings. The molecule has 2 atom stereocenters. The first-order valence-corrected chi connectivity index (χ1v) is 6.54. The van der Waals surface area contributed by atoms with Crippen molar-refractivity contribution in [2.45, 2.75) is 25.6 Å². The highest BCUT2D eigenvalue weighted by atomic mass is 16.6. The summed E-state index contributed by atoms with van der Waals surface area (Å²) in [7, 11) is 0. The molecule has 0 saturated heterocycles. The second kappa shape index (κ2) is 6.91. The summed E-state index contributed by atoms with van der Waals surface area (Å²) in [5.74, 6) is 0. The minimum Gasteiger partial charge on any atom is -0.390 e. The van der Waals surface area contributed by atoms with E-state index in [-0.39, 0.29) is 18.3 Å². The van der Waals surface area contributed by atoms with Crippen molar-refractivity contribution < 1.29 is 10.0 Å². The second-order valence-corrected chi connectivity index (χ2v) is 4.74. The highest BCUT2D eigenvalue weighted by Crippen LogP contribution is 2.11. The standard InChI is InChI=1S/C13H17N5O3/c1-10(11-2-4-14-5-3-11)15-7-13(19)9-17-8-12(6-16-17)18(20)21/h2-6,8,10,13,15,19H,7,9H2,1H3. The molecule has 0 bridgehead atoms. The lowest BCUT2D eigenvalue weighted by Crippen LogP contribution is -2.32. The molecule has 0 aliphatic rings. The molecule has 0 saturated carbocycles. The Morgan fingerprint density at radius 2 is 2.19 bits per heavy atom. The van der Waals surface area contributed by atoms with Gasteiger partial charge in [0.2, 0.25) is 0 Å². The van der Waals surface area contributed by atoms with E-state index in [9.17, 15) is 15.2 Å². The zero-order chi connectivity index (χ0) is 15.2. The number of rotatable bonds is 7. The molecule has 0 aromatic carbocycles. The van der Waals surface area contributed by atoms with Gasteiger partial charge in [-0.1, -0.05) is 0 Å².